The van der Waals surface area contributed by atoms with E-state index in [2.05, 4.69) is 188 Å². The molecule has 2 heterocycles. The molecule has 0 radical (unpaired) electrons. The van der Waals surface area contributed by atoms with Crippen LogP contribution in [0, 0.1) is 0 Å². The molecule has 2 aromatic heterocycles. The topological polar surface area (TPSA) is 51.6 Å². The Labute approximate surface area is 360 Å². The van der Waals surface area contributed by atoms with Crippen molar-refractivity contribution in [1.82, 2.24) is 19.9 Å². The number of hydrogen-bond acceptors (Lipinski definition) is 4. The second-order valence-corrected chi connectivity index (χ2v) is 15.4. The smallest absolute Gasteiger partial charge is 0.160 e. The standard InChI is InChI=1S/C58H38N4/c1-3-12-39(13-4-1)41-22-26-43(27-23-41)45-30-34-47(35-31-45)55-51-18-7-9-20-53(51)59-57(61-55)49-16-11-17-50(38-49)58-60-54-21-10-8-19-52(54)56(62-58)48-36-32-46(33-37-48)44-28-24-42(25-29-44)40-14-5-2-6-15-40/h1-38H. The monoisotopic (exact) mass is 790 g/mol. The molecular weight excluding hydrogens is 753 g/mol. The van der Waals surface area contributed by atoms with Gasteiger partial charge in [0.1, 0.15) is 0 Å². The van der Waals surface area contributed by atoms with Crippen LogP contribution in [0.3, 0.4) is 0 Å². The summed E-state index contributed by atoms with van der Waals surface area (Å²) in [6, 6.07) is 80.5. The molecule has 0 N–H and O–H groups in total. The molecular formula is C58H38N4. The van der Waals surface area contributed by atoms with Gasteiger partial charge >= 0.3 is 0 Å². The van der Waals surface area contributed by atoms with Crippen molar-refractivity contribution < 1.29 is 0 Å². The van der Waals surface area contributed by atoms with Crippen molar-refractivity contribution in [1.29, 1.82) is 0 Å². The summed E-state index contributed by atoms with van der Waals surface area (Å²) in [7, 11) is 0. The lowest BCUT2D eigenvalue weighted by Crippen LogP contribution is -1.97. The van der Waals surface area contributed by atoms with Crippen LogP contribution in [0.15, 0.2) is 231 Å². The van der Waals surface area contributed by atoms with Gasteiger partial charge in [0.2, 0.25) is 0 Å². The average molecular weight is 791 g/mol. The van der Waals surface area contributed by atoms with Crippen molar-refractivity contribution in [3.8, 4) is 89.8 Å². The number of nitrogens with zero attached hydrogens (tertiary/aromatic N) is 4. The van der Waals surface area contributed by atoms with E-state index in [1.165, 1.54) is 33.4 Å². The maximum absolute atomic E-state index is 5.24. The van der Waals surface area contributed by atoms with Crippen LogP contribution in [-0.2, 0) is 0 Å². The molecule has 290 valence electrons. The van der Waals surface area contributed by atoms with Gasteiger partial charge in [-0.25, -0.2) is 19.9 Å². The van der Waals surface area contributed by atoms with E-state index in [1.807, 2.05) is 42.5 Å². The van der Waals surface area contributed by atoms with E-state index in [4.69, 9.17) is 19.9 Å². The summed E-state index contributed by atoms with van der Waals surface area (Å²) in [5.41, 5.74) is 16.9. The Bertz CT molecular complexity index is 3120. The van der Waals surface area contributed by atoms with Crippen LogP contribution in [0.25, 0.3) is 112 Å². The van der Waals surface area contributed by atoms with Gasteiger partial charge in [-0.2, -0.15) is 0 Å². The SMILES string of the molecule is c1ccc(-c2ccc(-c3ccc(-c4nc(-c5cccc(-c6nc(-c7ccc(-c8ccc(-c9ccccc9)cc8)cc7)c7ccccc7n6)c5)nc5ccccc45)cc3)cc2)cc1. The Morgan fingerprint density at radius 3 is 0.823 bits per heavy atom. The number of aromatic nitrogens is 4. The molecule has 0 atom stereocenters. The minimum Gasteiger partial charge on any atom is -0.228 e. The summed E-state index contributed by atoms with van der Waals surface area (Å²) >= 11 is 0. The van der Waals surface area contributed by atoms with Crippen molar-refractivity contribution in [2.24, 2.45) is 0 Å². The Morgan fingerprint density at radius 1 is 0.194 bits per heavy atom. The van der Waals surface area contributed by atoms with Crippen LogP contribution in [-0.4, -0.2) is 19.9 Å². The lowest BCUT2D eigenvalue weighted by atomic mass is 9.98. The molecule has 0 saturated heterocycles. The molecule has 0 bridgehead atoms. The summed E-state index contributed by atoms with van der Waals surface area (Å²) in [5, 5.41) is 2.01. The Hall–Kier alpha value is -8.34. The zero-order chi connectivity index (χ0) is 41.2. The summed E-state index contributed by atoms with van der Waals surface area (Å²) in [6.07, 6.45) is 0. The second-order valence-electron chi connectivity index (χ2n) is 15.4. The van der Waals surface area contributed by atoms with Crippen molar-refractivity contribution in [3.05, 3.63) is 231 Å². The lowest BCUT2D eigenvalue weighted by molar-refractivity contribution is 1.21. The highest BCUT2D eigenvalue weighted by molar-refractivity contribution is 5.95. The predicted molar refractivity (Wildman–Crippen MR) is 256 cm³/mol. The van der Waals surface area contributed by atoms with Crippen molar-refractivity contribution in [3.63, 3.8) is 0 Å². The Kier molecular flexibility index (Phi) is 9.49. The summed E-state index contributed by atoms with van der Waals surface area (Å²) in [5.74, 6) is 1.30. The lowest BCUT2D eigenvalue weighted by Gasteiger charge is -2.12. The van der Waals surface area contributed by atoms with Crippen LogP contribution in [0.1, 0.15) is 0 Å². The third-order valence-electron chi connectivity index (χ3n) is 11.6. The van der Waals surface area contributed by atoms with E-state index in [-0.39, 0.29) is 0 Å². The highest BCUT2D eigenvalue weighted by atomic mass is 14.9. The Balaban J connectivity index is 0.912. The van der Waals surface area contributed by atoms with E-state index in [0.717, 1.165) is 66.6 Å². The molecule has 0 aliphatic rings. The normalized spacial score (nSPS) is 11.2. The van der Waals surface area contributed by atoms with Gasteiger partial charge in [-0.15, -0.1) is 0 Å². The molecule has 0 unspecified atom stereocenters. The van der Waals surface area contributed by atoms with Crippen LogP contribution < -0.4 is 0 Å². The quantitative estimate of drug-likeness (QED) is 0.154. The van der Waals surface area contributed by atoms with Crippen LogP contribution in [0.4, 0.5) is 0 Å². The number of fused-ring (bicyclic) bond motifs is 2. The van der Waals surface area contributed by atoms with Crippen molar-refractivity contribution >= 4 is 21.8 Å². The van der Waals surface area contributed by atoms with E-state index >= 15 is 0 Å². The third kappa shape index (κ3) is 7.20. The van der Waals surface area contributed by atoms with Gasteiger partial charge in [0.15, 0.2) is 11.6 Å². The van der Waals surface area contributed by atoms with E-state index < -0.39 is 0 Å². The molecule has 0 amide bonds. The zero-order valence-corrected chi connectivity index (χ0v) is 33.7. The maximum atomic E-state index is 5.24. The van der Waals surface area contributed by atoms with Crippen LogP contribution in [0.5, 0.6) is 0 Å². The van der Waals surface area contributed by atoms with Gasteiger partial charge in [0.05, 0.1) is 22.4 Å². The minimum atomic E-state index is 0.648. The molecule has 9 aromatic carbocycles. The first kappa shape index (κ1) is 36.7. The summed E-state index contributed by atoms with van der Waals surface area (Å²) in [4.78, 5) is 20.6. The number of hydrogen-bond donors (Lipinski definition) is 0. The van der Waals surface area contributed by atoms with E-state index in [1.54, 1.807) is 0 Å². The van der Waals surface area contributed by atoms with E-state index in [0.29, 0.717) is 11.6 Å². The molecule has 62 heavy (non-hydrogen) atoms. The van der Waals surface area contributed by atoms with Crippen LogP contribution in [0.2, 0.25) is 0 Å². The largest absolute Gasteiger partial charge is 0.228 e. The molecule has 0 aliphatic heterocycles. The first-order valence-corrected chi connectivity index (χ1v) is 20.9. The summed E-state index contributed by atoms with van der Waals surface area (Å²) < 4.78 is 0. The fourth-order valence-corrected chi connectivity index (χ4v) is 8.26. The predicted octanol–water partition coefficient (Wildman–Crippen LogP) is 14.9. The second kappa shape index (κ2) is 16.0. The fraction of sp³-hybridized carbons (Fsp3) is 0. The van der Waals surface area contributed by atoms with Crippen molar-refractivity contribution in [2.75, 3.05) is 0 Å². The first-order valence-electron chi connectivity index (χ1n) is 20.9. The number of para-hydroxylation sites is 2. The molecule has 0 fully saturated rings. The molecule has 0 saturated carbocycles. The van der Waals surface area contributed by atoms with Gasteiger partial charge in [-0.1, -0.05) is 212 Å². The third-order valence-corrected chi connectivity index (χ3v) is 11.6. The molecule has 11 rings (SSSR count). The zero-order valence-electron chi connectivity index (χ0n) is 33.7. The van der Waals surface area contributed by atoms with Gasteiger partial charge in [0.25, 0.3) is 0 Å². The molecule has 0 spiro atoms. The minimum absolute atomic E-state index is 0.648. The number of benzene rings is 9. The van der Waals surface area contributed by atoms with Gasteiger partial charge in [0, 0.05) is 33.0 Å². The highest BCUT2D eigenvalue weighted by Crippen LogP contribution is 2.35. The fourth-order valence-electron chi connectivity index (χ4n) is 8.26. The van der Waals surface area contributed by atoms with Crippen LogP contribution >= 0.6 is 0 Å². The van der Waals surface area contributed by atoms with Gasteiger partial charge in [-0.05, 0) is 62.7 Å². The highest BCUT2D eigenvalue weighted by Gasteiger charge is 2.16. The van der Waals surface area contributed by atoms with Gasteiger partial charge in [-0.3, -0.25) is 0 Å². The molecule has 4 nitrogen and oxygen atoms in total. The maximum Gasteiger partial charge on any atom is 0.160 e. The molecule has 11 aromatic rings. The average Bonchev–Trinajstić information content (AvgIpc) is 3.36. The van der Waals surface area contributed by atoms with Gasteiger partial charge < -0.3 is 0 Å². The number of rotatable bonds is 8. The molecule has 0 aliphatic carbocycles. The van der Waals surface area contributed by atoms with Crippen molar-refractivity contribution in [2.45, 2.75) is 0 Å². The summed E-state index contributed by atoms with van der Waals surface area (Å²) in [6.45, 7) is 0. The first-order chi connectivity index (χ1) is 30.7. The Morgan fingerprint density at radius 2 is 0.468 bits per heavy atom. The van der Waals surface area contributed by atoms with E-state index in [9.17, 15) is 0 Å². The molecule has 4 heteroatoms.